The van der Waals surface area contributed by atoms with Gasteiger partial charge in [0, 0.05) is 18.0 Å². The predicted molar refractivity (Wildman–Crippen MR) is 121 cm³/mol. The zero-order valence-electron chi connectivity index (χ0n) is 19.1. The molecule has 32 heavy (non-hydrogen) atoms. The monoisotopic (exact) mass is 443 g/mol. The highest BCUT2D eigenvalue weighted by atomic mass is 19.4. The summed E-state index contributed by atoms with van der Waals surface area (Å²) >= 11 is 0. The first-order valence-electron chi connectivity index (χ1n) is 10.3. The topological polar surface area (TPSA) is 46.9 Å². The van der Waals surface area contributed by atoms with E-state index in [-0.39, 0.29) is 22.3 Å². The Hall–Kier alpha value is -3.09. The van der Waals surface area contributed by atoms with Gasteiger partial charge in [0.2, 0.25) is 0 Å². The van der Waals surface area contributed by atoms with E-state index >= 15 is 0 Å². The maximum absolute atomic E-state index is 12.9. The number of hydrogen-bond acceptors (Lipinski definition) is 2. The minimum atomic E-state index is -4.42. The number of hydrogen-bond donors (Lipinski definition) is 1. The number of alkyl halides is 3. The van der Waals surface area contributed by atoms with E-state index in [0.717, 1.165) is 23.3 Å². The lowest BCUT2D eigenvalue weighted by Gasteiger charge is -2.26. The lowest BCUT2D eigenvalue weighted by molar-refractivity contribution is -0.137. The van der Waals surface area contributed by atoms with Crippen molar-refractivity contribution in [3.05, 3.63) is 71.2 Å². The Balaban J connectivity index is 1.84. The summed E-state index contributed by atoms with van der Waals surface area (Å²) in [7, 11) is 0. The summed E-state index contributed by atoms with van der Waals surface area (Å²) in [5.41, 5.74) is 2.45. The SMILES string of the molecule is CC(C)(C)c1cc(C(=O)NC=Cn2cnc3cc(C(F)(F)F)ccc32)cc(C(C)(C)C)c1. The van der Waals surface area contributed by atoms with Crippen LogP contribution >= 0.6 is 0 Å². The predicted octanol–water partition coefficient (Wildman–Crippen LogP) is 6.51. The molecule has 0 spiro atoms. The molecule has 0 unspecified atom stereocenters. The molecule has 1 amide bonds. The van der Waals surface area contributed by atoms with Crippen LogP contribution < -0.4 is 5.32 Å². The molecular formula is C25H28F3N3O. The largest absolute Gasteiger partial charge is 0.416 e. The lowest BCUT2D eigenvalue weighted by atomic mass is 9.79. The number of fused-ring (bicyclic) bond motifs is 1. The average Bonchev–Trinajstić information content (AvgIpc) is 3.08. The number of amides is 1. The third-order valence-electron chi connectivity index (χ3n) is 5.28. The number of rotatable bonds is 3. The van der Waals surface area contributed by atoms with Gasteiger partial charge in [0.05, 0.1) is 22.9 Å². The molecule has 4 nitrogen and oxygen atoms in total. The summed E-state index contributed by atoms with van der Waals surface area (Å²) in [4.78, 5) is 16.9. The molecule has 1 heterocycles. The van der Waals surface area contributed by atoms with Crippen molar-refractivity contribution in [3.8, 4) is 0 Å². The van der Waals surface area contributed by atoms with Crippen LogP contribution in [0.2, 0.25) is 0 Å². The number of carbonyl (C=O) groups excluding carboxylic acids is 1. The van der Waals surface area contributed by atoms with Gasteiger partial charge in [-0.15, -0.1) is 0 Å². The van der Waals surface area contributed by atoms with Crippen LogP contribution in [0.15, 0.2) is 48.9 Å². The lowest BCUT2D eigenvalue weighted by Crippen LogP contribution is -2.22. The van der Waals surface area contributed by atoms with Gasteiger partial charge in [0.1, 0.15) is 0 Å². The second-order valence-corrected chi connectivity index (χ2v) is 9.94. The number of halogens is 3. The first-order chi connectivity index (χ1) is 14.7. The van der Waals surface area contributed by atoms with Crippen molar-refractivity contribution in [3.63, 3.8) is 0 Å². The van der Waals surface area contributed by atoms with Crippen LogP contribution in [0.1, 0.15) is 68.6 Å². The number of aromatic nitrogens is 2. The zero-order chi connectivity index (χ0) is 23.9. The van der Waals surface area contributed by atoms with Gasteiger partial charge in [-0.1, -0.05) is 47.6 Å². The Morgan fingerprint density at radius 3 is 2.03 bits per heavy atom. The fraction of sp³-hybridized carbons (Fsp3) is 0.360. The standard InChI is InChI=1S/C25H28F3N3O/c1-23(2,3)18-11-16(12-19(13-18)24(4,5)6)22(32)29-9-10-31-15-30-20-14-17(25(26,27)28)7-8-21(20)31/h7-15H,1-6H3,(H,29,32). The Morgan fingerprint density at radius 1 is 0.906 bits per heavy atom. The van der Waals surface area contributed by atoms with Crippen molar-refractivity contribution in [2.45, 2.75) is 58.5 Å². The van der Waals surface area contributed by atoms with E-state index in [1.807, 2.05) is 12.1 Å². The van der Waals surface area contributed by atoms with Gasteiger partial charge >= 0.3 is 6.18 Å². The normalized spacial score (nSPS) is 13.2. The maximum atomic E-state index is 12.9. The molecule has 0 saturated heterocycles. The van der Waals surface area contributed by atoms with E-state index in [2.05, 4.69) is 57.9 Å². The van der Waals surface area contributed by atoms with Crippen LogP contribution in [0.25, 0.3) is 17.2 Å². The number of carbonyl (C=O) groups is 1. The highest BCUT2D eigenvalue weighted by Crippen LogP contribution is 2.32. The summed E-state index contributed by atoms with van der Waals surface area (Å²) in [6.07, 6.45) is 0.00111. The Bertz CT molecular complexity index is 1140. The summed E-state index contributed by atoms with van der Waals surface area (Å²) in [6.45, 7) is 12.6. The highest BCUT2D eigenvalue weighted by Gasteiger charge is 2.30. The molecule has 1 N–H and O–H groups in total. The molecule has 1 aromatic heterocycles. The van der Waals surface area contributed by atoms with Crippen molar-refractivity contribution in [2.75, 3.05) is 0 Å². The molecule has 7 heteroatoms. The molecule has 0 bridgehead atoms. The van der Waals surface area contributed by atoms with Crippen LogP contribution in [0.5, 0.6) is 0 Å². The minimum Gasteiger partial charge on any atom is -0.327 e. The second kappa shape index (κ2) is 8.11. The highest BCUT2D eigenvalue weighted by molar-refractivity contribution is 5.95. The van der Waals surface area contributed by atoms with Gasteiger partial charge in [0.25, 0.3) is 5.91 Å². The van der Waals surface area contributed by atoms with Crippen LogP contribution in [-0.2, 0) is 17.0 Å². The molecule has 170 valence electrons. The molecule has 0 radical (unpaired) electrons. The number of nitrogens with zero attached hydrogens (tertiary/aromatic N) is 2. The molecule has 3 rings (SSSR count). The van der Waals surface area contributed by atoms with Crippen molar-refractivity contribution < 1.29 is 18.0 Å². The first-order valence-corrected chi connectivity index (χ1v) is 10.3. The summed E-state index contributed by atoms with van der Waals surface area (Å²) in [5, 5.41) is 2.75. The van der Waals surface area contributed by atoms with E-state index in [1.165, 1.54) is 18.6 Å². The quantitative estimate of drug-likeness (QED) is 0.502. The van der Waals surface area contributed by atoms with Gasteiger partial charge in [-0.25, -0.2) is 4.98 Å². The smallest absolute Gasteiger partial charge is 0.327 e. The average molecular weight is 444 g/mol. The van der Waals surface area contributed by atoms with Gasteiger partial charge in [-0.05, 0) is 52.3 Å². The van der Waals surface area contributed by atoms with Crippen LogP contribution in [-0.4, -0.2) is 15.5 Å². The fourth-order valence-corrected chi connectivity index (χ4v) is 3.23. The van der Waals surface area contributed by atoms with Gasteiger partial charge in [0.15, 0.2) is 0 Å². The van der Waals surface area contributed by atoms with Crippen molar-refractivity contribution in [2.24, 2.45) is 0 Å². The van der Waals surface area contributed by atoms with Gasteiger partial charge in [-0.3, -0.25) is 4.79 Å². The summed E-state index contributed by atoms with van der Waals surface area (Å²) in [5.74, 6) is -0.262. The molecule has 0 saturated carbocycles. The van der Waals surface area contributed by atoms with Crippen molar-refractivity contribution >= 4 is 23.1 Å². The third-order valence-corrected chi connectivity index (χ3v) is 5.28. The van der Waals surface area contributed by atoms with Gasteiger partial charge in [-0.2, -0.15) is 13.2 Å². The first kappa shape index (κ1) is 23.6. The maximum Gasteiger partial charge on any atom is 0.416 e. The summed E-state index contributed by atoms with van der Waals surface area (Å²) < 4.78 is 40.2. The summed E-state index contributed by atoms with van der Waals surface area (Å²) in [6, 6.07) is 9.30. The number of nitrogens with one attached hydrogen (secondary N) is 1. The molecule has 0 fully saturated rings. The van der Waals surface area contributed by atoms with Crippen LogP contribution in [0.3, 0.4) is 0 Å². The van der Waals surface area contributed by atoms with E-state index < -0.39 is 11.7 Å². The van der Waals surface area contributed by atoms with E-state index in [1.54, 1.807) is 10.8 Å². The van der Waals surface area contributed by atoms with Crippen molar-refractivity contribution in [1.29, 1.82) is 0 Å². The molecular weight excluding hydrogens is 415 g/mol. The number of benzene rings is 2. The van der Waals surface area contributed by atoms with Crippen molar-refractivity contribution in [1.82, 2.24) is 14.9 Å². The van der Waals surface area contributed by atoms with Crippen LogP contribution in [0, 0.1) is 0 Å². The molecule has 3 aromatic rings. The second-order valence-electron chi connectivity index (χ2n) is 9.94. The Kier molecular flexibility index (Phi) is 5.98. The Morgan fingerprint density at radius 2 is 1.50 bits per heavy atom. The molecule has 0 aliphatic rings. The number of imidazole rings is 1. The molecule has 2 aromatic carbocycles. The van der Waals surface area contributed by atoms with E-state index in [4.69, 9.17) is 0 Å². The zero-order valence-corrected chi connectivity index (χ0v) is 19.1. The minimum absolute atomic E-state index is 0.114. The van der Waals surface area contributed by atoms with E-state index in [9.17, 15) is 18.0 Å². The van der Waals surface area contributed by atoms with E-state index in [0.29, 0.717) is 11.1 Å². The fourth-order valence-electron chi connectivity index (χ4n) is 3.23. The third kappa shape index (κ3) is 5.21. The van der Waals surface area contributed by atoms with Crippen LogP contribution in [0.4, 0.5) is 13.2 Å². The molecule has 0 atom stereocenters. The molecule has 0 aliphatic carbocycles. The molecule has 0 aliphatic heterocycles. The van der Waals surface area contributed by atoms with Gasteiger partial charge < -0.3 is 9.88 Å². The Labute approximate surface area is 186 Å².